The molecule has 0 aromatic heterocycles. The number of ether oxygens (including phenoxy) is 1. The number of halogens is 2. The first-order chi connectivity index (χ1) is 8.58. The third-order valence-electron chi connectivity index (χ3n) is 2.64. The maximum absolute atomic E-state index is 5.97. The molecule has 0 amide bonds. The minimum Gasteiger partial charge on any atom is -0.487 e. The summed E-state index contributed by atoms with van der Waals surface area (Å²) in [5.41, 5.74) is 7.18. The van der Waals surface area contributed by atoms with Gasteiger partial charge in [-0.2, -0.15) is 0 Å². The minimum atomic E-state index is 0.207. The van der Waals surface area contributed by atoms with Crippen LogP contribution in [0.4, 0.5) is 0 Å². The fourth-order valence-corrected chi connectivity index (χ4v) is 3.05. The van der Waals surface area contributed by atoms with Gasteiger partial charge in [-0.3, -0.25) is 0 Å². The van der Waals surface area contributed by atoms with Crippen molar-refractivity contribution in [1.29, 1.82) is 0 Å². The zero-order valence-electron chi connectivity index (χ0n) is 10.7. The van der Waals surface area contributed by atoms with E-state index in [-0.39, 0.29) is 6.04 Å². The molecule has 2 nitrogen and oxygen atoms in total. The summed E-state index contributed by atoms with van der Waals surface area (Å²) in [5, 5.41) is 0. The molecule has 100 valence electrons. The smallest absolute Gasteiger partial charge is 0.148 e. The Morgan fingerprint density at radius 3 is 2.44 bits per heavy atom. The van der Waals surface area contributed by atoms with E-state index in [2.05, 4.69) is 50.9 Å². The predicted octanol–water partition coefficient (Wildman–Crippen LogP) is 4.45. The van der Waals surface area contributed by atoms with Gasteiger partial charge in [-0.1, -0.05) is 19.1 Å². The summed E-state index contributed by atoms with van der Waals surface area (Å²) in [5.74, 6) is 0.835. The monoisotopic (exact) mass is 375 g/mol. The van der Waals surface area contributed by atoms with E-state index in [1.165, 1.54) is 5.56 Å². The number of benzene rings is 1. The van der Waals surface area contributed by atoms with E-state index in [1.807, 2.05) is 19.1 Å². The molecule has 1 rings (SSSR count). The van der Waals surface area contributed by atoms with Gasteiger partial charge in [-0.05, 0) is 69.3 Å². The highest BCUT2D eigenvalue weighted by molar-refractivity contribution is 9.11. The largest absolute Gasteiger partial charge is 0.487 e. The number of allylic oxidation sites excluding steroid dienone is 1. The summed E-state index contributed by atoms with van der Waals surface area (Å²) < 4.78 is 7.60. The number of rotatable bonds is 6. The van der Waals surface area contributed by atoms with Gasteiger partial charge in [0, 0.05) is 6.04 Å². The predicted molar refractivity (Wildman–Crippen MR) is 84.1 cm³/mol. The lowest BCUT2D eigenvalue weighted by molar-refractivity contribution is 0.358. The summed E-state index contributed by atoms with van der Waals surface area (Å²) in [6, 6.07) is 4.36. The molecule has 0 radical (unpaired) electrons. The first kappa shape index (κ1) is 15.7. The van der Waals surface area contributed by atoms with E-state index in [9.17, 15) is 0 Å². The van der Waals surface area contributed by atoms with Crippen molar-refractivity contribution in [3.05, 3.63) is 38.8 Å². The van der Waals surface area contributed by atoms with Crippen LogP contribution in [-0.2, 0) is 6.42 Å². The van der Waals surface area contributed by atoms with Crippen LogP contribution >= 0.6 is 31.9 Å². The van der Waals surface area contributed by atoms with Crippen molar-refractivity contribution >= 4 is 31.9 Å². The molecule has 1 aromatic rings. The number of hydrogen-bond acceptors (Lipinski definition) is 2. The van der Waals surface area contributed by atoms with Gasteiger partial charge in [0.1, 0.15) is 12.4 Å². The molecule has 0 spiro atoms. The molecule has 0 saturated heterocycles. The Balaban J connectivity index is 2.83. The standard InChI is InChI=1S/C14H19Br2NO/c1-3-5-6-18-14-12(15)8-10(9-13(14)16)7-11(17)4-2/h3,5,8-9,11H,4,6-7,17H2,1-2H3/b5-3+. The second kappa shape index (κ2) is 7.97. The van der Waals surface area contributed by atoms with Gasteiger partial charge in [0.05, 0.1) is 8.95 Å². The minimum absolute atomic E-state index is 0.207. The highest BCUT2D eigenvalue weighted by Gasteiger charge is 2.10. The van der Waals surface area contributed by atoms with Crippen LogP contribution in [0.3, 0.4) is 0 Å². The SMILES string of the molecule is C/C=C/COc1c(Br)cc(CC(N)CC)cc1Br. The second-order valence-electron chi connectivity index (χ2n) is 4.14. The molecule has 0 saturated carbocycles. The van der Waals surface area contributed by atoms with Gasteiger partial charge in [-0.25, -0.2) is 0 Å². The molecular weight excluding hydrogens is 358 g/mol. The Kier molecular flexibility index (Phi) is 6.97. The molecule has 1 atom stereocenters. The third kappa shape index (κ3) is 4.75. The van der Waals surface area contributed by atoms with Crippen molar-refractivity contribution in [3.63, 3.8) is 0 Å². The molecule has 0 aliphatic carbocycles. The molecule has 0 aliphatic heterocycles. The van der Waals surface area contributed by atoms with Crippen molar-refractivity contribution in [2.24, 2.45) is 5.73 Å². The van der Waals surface area contributed by atoms with Crippen LogP contribution in [0.5, 0.6) is 5.75 Å². The van der Waals surface area contributed by atoms with E-state index in [0.717, 1.165) is 27.5 Å². The van der Waals surface area contributed by atoms with Crippen molar-refractivity contribution in [2.45, 2.75) is 32.7 Å². The van der Waals surface area contributed by atoms with Crippen LogP contribution in [-0.4, -0.2) is 12.6 Å². The normalized spacial score (nSPS) is 12.9. The average Bonchev–Trinajstić information content (AvgIpc) is 2.32. The molecule has 0 fully saturated rings. The first-order valence-electron chi connectivity index (χ1n) is 6.05. The van der Waals surface area contributed by atoms with E-state index in [4.69, 9.17) is 10.5 Å². The Bertz CT molecular complexity index is 395. The third-order valence-corrected chi connectivity index (χ3v) is 3.82. The van der Waals surface area contributed by atoms with Crippen LogP contribution in [0.25, 0.3) is 0 Å². The average molecular weight is 377 g/mol. The van der Waals surface area contributed by atoms with Crippen LogP contribution in [0.15, 0.2) is 33.2 Å². The van der Waals surface area contributed by atoms with E-state index in [0.29, 0.717) is 6.61 Å². The van der Waals surface area contributed by atoms with Crippen LogP contribution < -0.4 is 10.5 Å². The fraction of sp³-hybridized carbons (Fsp3) is 0.429. The maximum atomic E-state index is 5.97. The van der Waals surface area contributed by atoms with Crippen molar-refractivity contribution in [3.8, 4) is 5.75 Å². The Morgan fingerprint density at radius 1 is 1.33 bits per heavy atom. The summed E-state index contributed by atoms with van der Waals surface area (Å²) in [7, 11) is 0. The van der Waals surface area contributed by atoms with Gasteiger partial charge in [0.2, 0.25) is 0 Å². The fourth-order valence-electron chi connectivity index (χ4n) is 1.54. The highest BCUT2D eigenvalue weighted by Crippen LogP contribution is 2.35. The van der Waals surface area contributed by atoms with Gasteiger partial charge in [0.25, 0.3) is 0 Å². The quantitative estimate of drug-likeness (QED) is 0.744. The number of hydrogen-bond donors (Lipinski definition) is 1. The van der Waals surface area contributed by atoms with Crippen LogP contribution in [0, 0.1) is 0 Å². The van der Waals surface area contributed by atoms with Crippen molar-refractivity contribution < 1.29 is 4.74 Å². The lowest BCUT2D eigenvalue weighted by Crippen LogP contribution is -2.21. The summed E-state index contributed by atoms with van der Waals surface area (Å²) in [4.78, 5) is 0. The Labute approximate surface area is 126 Å². The Morgan fingerprint density at radius 2 is 1.94 bits per heavy atom. The molecule has 4 heteroatoms. The van der Waals surface area contributed by atoms with Gasteiger partial charge in [0.15, 0.2) is 0 Å². The summed E-state index contributed by atoms with van der Waals surface area (Å²) in [6.45, 7) is 4.65. The first-order valence-corrected chi connectivity index (χ1v) is 7.64. The zero-order chi connectivity index (χ0) is 13.5. The molecule has 2 N–H and O–H groups in total. The van der Waals surface area contributed by atoms with Crippen LogP contribution in [0.1, 0.15) is 25.8 Å². The Hall–Kier alpha value is -0.320. The van der Waals surface area contributed by atoms with Gasteiger partial charge >= 0.3 is 0 Å². The van der Waals surface area contributed by atoms with E-state index < -0.39 is 0 Å². The lowest BCUT2D eigenvalue weighted by atomic mass is 10.0. The van der Waals surface area contributed by atoms with Crippen molar-refractivity contribution in [2.75, 3.05) is 6.61 Å². The van der Waals surface area contributed by atoms with E-state index in [1.54, 1.807) is 0 Å². The topological polar surface area (TPSA) is 35.2 Å². The van der Waals surface area contributed by atoms with Gasteiger partial charge in [-0.15, -0.1) is 0 Å². The maximum Gasteiger partial charge on any atom is 0.148 e. The highest BCUT2D eigenvalue weighted by atomic mass is 79.9. The molecule has 0 aliphatic rings. The number of nitrogens with two attached hydrogens (primary N) is 1. The van der Waals surface area contributed by atoms with Crippen LogP contribution in [0.2, 0.25) is 0 Å². The molecule has 0 bridgehead atoms. The second-order valence-corrected chi connectivity index (χ2v) is 5.85. The molecule has 0 heterocycles. The molecule has 1 aromatic carbocycles. The summed E-state index contributed by atoms with van der Waals surface area (Å²) >= 11 is 7.08. The lowest BCUT2D eigenvalue weighted by Gasteiger charge is -2.13. The molecule has 1 unspecified atom stereocenters. The molecular formula is C14H19Br2NO. The zero-order valence-corrected chi connectivity index (χ0v) is 13.9. The summed E-state index contributed by atoms with van der Waals surface area (Å²) in [6.07, 6.45) is 5.80. The van der Waals surface area contributed by atoms with E-state index >= 15 is 0 Å². The molecule has 18 heavy (non-hydrogen) atoms. The van der Waals surface area contributed by atoms with Crippen molar-refractivity contribution in [1.82, 2.24) is 0 Å². The van der Waals surface area contributed by atoms with Gasteiger partial charge < -0.3 is 10.5 Å².